The van der Waals surface area contributed by atoms with E-state index in [0.717, 1.165) is 12.2 Å². The minimum Gasteiger partial charge on any atom is -0.497 e. The molecule has 0 amide bonds. The Morgan fingerprint density at radius 3 is 2.81 bits per heavy atom. The van der Waals surface area contributed by atoms with Gasteiger partial charge in [0.15, 0.2) is 0 Å². The fourth-order valence-corrected chi connectivity index (χ4v) is 4.76. The zero-order valence-corrected chi connectivity index (χ0v) is 14.1. The van der Waals surface area contributed by atoms with E-state index < -0.39 is 0 Å². The summed E-state index contributed by atoms with van der Waals surface area (Å²) in [7, 11) is 1.75. The molecule has 1 aromatic rings. The van der Waals surface area contributed by atoms with E-state index in [1.807, 2.05) is 0 Å². The highest BCUT2D eigenvalue weighted by molar-refractivity contribution is 8.00. The van der Waals surface area contributed by atoms with Gasteiger partial charge in [0.25, 0.3) is 0 Å². The highest BCUT2D eigenvalue weighted by atomic mass is 32.2. The fourth-order valence-electron chi connectivity index (χ4n) is 3.84. The van der Waals surface area contributed by atoms with E-state index >= 15 is 0 Å². The molecule has 0 bridgehead atoms. The third-order valence-electron chi connectivity index (χ3n) is 5.30. The van der Waals surface area contributed by atoms with E-state index in [4.69, 9.17) is 4.74 Å². The van der Waals surface area contributed by atoms with Gasteiger partial charge in [0.1, 0.15) is 5.75 Å². The van der Waals surface area contributed by atoms with Crippen LogP contribution in [0.15, 0.2) is 18.2 Å². The number of aryl methyl sites for hydroxylation is 1. The SMILES string of the molecule is COc1ccc2c(c1)CC(NCC1(SC)CCCC1)CC2. The zero-order chi connectivity index (χ0) is 14.7. The molecule has 0 aliphatic heterocycles. The van der Waals surface area contributed by atoms with Gasteiger partial charge in [0.05, 0.1) is 7.11 Å². The van der Waals surface area contributed by atoms with Crippen LogP contribution in [-0.2, 0) is 12.8 Å². The third kappa shape index (κ3) is 3.40. The number of hydrogen-bond donors (Lipinski definition) is 1. The quantitative estimate of drug-likeness (QED) is 0.893. The molecule has 21 heavy (non-hydrogen) atoms. The molecule has 3 heteroatoms. The van der Waals surface area contributed by atoms with Gasteiger partial charge < -0.3 is 10.1 Å². The lowest BCUT2D eigenvalue weighted by Crippen LogP contribution is -2.43. The summed E-state index contributed by atoms with van der Waals surface area (Å²) in [6, 6.07) is 7.19. The van der Waals surface area contributed by atoms with Gasteiger partial charge in [-0.3, -0.25) is 0 Å². The molecule has 1 N–H and O–H groups in total. The molecule has 2 nitrogen and oxygen atoms in total. The van der Waals surface area contributed by atoms with E-state index in [-0.39, 0.29) is 0 Å². The number of thioether (sulfide) groups is 1. The molecule has 0 saturated heterocycles. The molecule has 0 heterocycles. The van der Waals surface area contributed by atoms with Crippen LogP contribution < -0.4 is 10.1 Å². The van der Waals surface area contributed by atoms with Crippen molar-refractivity contribution in [1.29, 1.82) is 0 Å². The van der Waals surface area contributed by atoms with Crippen molar-refractivity contribution in [1.82, 2.24) is 5.32 Å². The van der Waals surface area contributed by atoms with E-state index in [0.29, 0.717) is 10.8 Å². The van der Waals surface area contributed by atoms with Crippen LogP contribution in [0, 0.1) is 0 Å². The first-order valence-corrected chi connectivity index (χ1v) is 9.41. The van der Waals surface area contributed by atoms with Gasteiger partial charge in [0, 0.05) is 17.3 Å². The van der Waals surface area contributed by atoms with Crippen LogP contribution in [0.25, 0.3) is 0 Å². The second-order valence-corrected chi connectivity index (χ2v) is 7.82. The van der Waals surface area contributed by atoms with Gasteiger partial charge >= 0.3 is 0 Å². The Balaban J connectivity index is 1.60. The number of hydrogen-bond acceptors (Lipinski definition) is 3. The Kier molecular flexibility index (Phi) is 4.80. The van der Waals surface area contributed by atoms with Gasteiger partial charge in [-0.05, 0) is 61.6 Å². The van der Waals surface area contributed by atoms with E-state index in [1.165, 1.54) is 56.2 Å². The normalized spacial score (nSPS) is 23.8. The minimum absolute atomic E-state index is 0.509. The van der Waals surface area contributed by atoms with Crippen LogP contribution in [0.4, 0.5) is 0 Å². The lowest BCUT2D eigenvalue weighted by Gasteiger charge is -2.32. The van der Waals surface area contributed by atoms with Crippen LogP contribution in [0.2, 0.25) is 0 Å². The second kappa shape index (κ2) is 6.62. The third-order valence-corrected chi connectivity index (χ3v) is 6.72. The molecule has 3 rings (SSSR count). The molecule has 116 valence electrons. The van der Waals surface area contributed by atoms with Crippen molar-refractivity contribution in [3.8, 4) is 5.75 Å². The van der Waals surface area contributed by atoms with Crippen molar-refractivity contribution in [2.75, 3.05) is 19.9 Å². The summed E-state index contributed by atoms with van der Waals surface area (Å²) in [4.78, 5) is 0. The summed E-state index contributed by atoms with van der Waals surface area (Å²) in [5, 5.41) is 3.87. The highest BCUT2D eigenvalue weighted by Crippen LogP contribution is 2.39. The first-order chi connectivity index (χ1) is 10.2. The first kappa shape index (κ1) is 15.2. The standard InChI is InChI=1S/C18H27NOS/c1-20-17-8-6-14-5-7-16(11-15(14)12-17)19-13-18(21-2)9-3-4-10-18/h6,8,12,16,19H,3-5,7,9-11,13H2,1-2H3. The summed E-state index contributed by atoms with van der Waals surface area (Å²) in [6.07, 6.45) is 11.5. The number of rotatable bonds is 5. The number of nitrogens with one attached hydrogen (secondary N) is 1. The molecule has 1 unspecified atom stereocenters. The van der Waals surface area contributed by atoms with E-state index in [2.05, 4.69) is 41.5 Å². The smallest absolute Gasteiger partial charge is 0.119 e. The molecule has 0 radical (unpaired) electrons. The van der Waals surface area contributed by atoms with E-state index in [1.54, 1.807) is 7.11 Å². The average molecular weight is 305 g/mol. The van der Waals surface area contributed by atoms with Crippen molar-refractivity contribution in [3.63, 3.8) is 0 Å². The topological polar surface area (TPSA) is 21.3 Å². The maximum Gasteiger partial charge on any atom is 0.119 e. The number of benzene rings is 1. The second-order valence-electron chi connectivity index (χ2n) is 6.55. The lowest BCUT2D eigenvalue weighted by atomic mass is 9.88. The van der Waals surface area contributed by atoms with Crippen molar-refractivity contribution >= 4 is 11.8 Å². The van der Waals surface area contributed by atoms with Crippen LogP contribution in [0.5, 0.6) is 5.75 Å². The molecule has 1 aromatic carbocycles. The average Bonchev–Trinajstić information content (AvgIpc) is 3.01. The molecular formula is C18H27NOS. The molecular weight excluding hydrogens is 278 g/mol. The van der Waals surface area contributed by atoms with E-state index in [9.17, 15) is 0 Å². The molecule has 2 aliphatic rings. The Hall–Kier alpha value is -0.670. The zero-order valence-electron chi connectivity index (χ0n) is 13.3. The summed E-state index contributed by atoms with van der Waals surface area (Å²) in [5.74, 6) is 0.991. The van der Waals surface area contributed by atoms with Crippen LogP contribution in [-0.4, -0.2) is 30.7 Å². The Morgan fingerprint density at radius 2 is 2.10 bits per heavy atom. The number of fused-ring (bicyclic) bond motifs is 1. The summed E-state index contributed by atoms with van der Waals surface area (Å²) in [5.41, 5.74) is 2.98. The fraction of sp³-hybridized carbons (Fsp3) is 0.667. The molecule has 1 atom stereocenters. The van der Waals surface area contributed by atoms with Crippen LogP contribution in [0.1, 0.15) is 43.2 Å². The summed E-state index contributed by atoms with van der Waals surface area (Å²) >= 11 is 2.08. The minimum atomic E-state index is 0.509. The largest absolute Gasteiger partial charge is 0.497 e. The Bertz CT molecular complexity index is 482. The van der Waals surface area contributed by atoms with Gasteiger partial charge in [-0.1, -0.05) is 18.9 Å². The maximum atomic E-state index is 5.37. The number of methoxy groups -OCH3 is 1. The van der Waals surface area contributed by atoms with Crippen LogP contribution in [0.3, 0.4) is 0 Å². The molecule has 1 saturated carbocycles. The number of ether oxygens (including phenoxy) is 1. The Morgan fingerprint density at radius 1 is 1.29 bits per heavy atom. The van der Waals surface area contributed by atoms with Crippen molar-refractivity contribution < 1.29 is 4.74 Å². The van der Waals surface area contributed by atoms with Gasteiger partial charge in [-0.2, -0.15) is 11.8 Å². The predicted octanol–water partition coefficient (Wildman–Crippen LogP) is 3.82. The van der Waals surface area contributed by atoms with Crippen molar-refractivity contribution in [2.45, 2.75) is 55.7 Å². The Labute approximate surface area is 133 Å². The van der Waals surface area contributed by atoms with Crippen molar-refractivity contribution in [3.05, 3.63) is 29.3 Å². The van der Waals surface area contributed by atoms with Crippen LogP contribution >= 0.6 is 11.8 Å². The monoisotopic (exact) mass is 305 g/mol. The predicted molar refractivity (Wildman–Crippen MR) is 91.5 cm³/mol. The van der Waals surface area contributed by atoms with Crippen molar-refractivity contribution in [2.24, 2.45) is 0 Å². The highest BCUT2D eigenvalue weighted by Gasteiger charge is 2.33. The summed E-state index contributed by atoms with van der Waals surface area (Å²) in [6.45, 7) is 1.18. The molecule has 0 spiro atoms. The van der Waals surface area contributed by atoms with Gasteiger partial charge in [-0.15, -0.1) is 0 Å². The summed E-state index contributed by atoms with van der Waals surface area (Å²) < 4.78 is 5.88. The lowest BCUT2D eigenvalue weighted by molar-refractivity contribution is 0.406. The maximum absolute atomic E-state index is 5.37. The molecule has 1 fully saturated rings. The first-order valence-electron chi connectivity index (χ1n) is 8.19. The van der Waals surface area contributed by atoms with Gasteiger partial charge in [-0.25, -0.2) is 0 Å². The molecule has 0 aromatic heterocycles. The van der Waals surface area contributed by atoms with Gasteiger partial charge in [0.2, 0.25) is 0 Å². The molecule has 2 aliphatic carbocycles.